The van der Waals surface area contributed by atoms with Crippen molar-refractivity contribution in [2.24, 2.45) is 0 Å². The molecule has 0 aromatic rings. The molecule has 1 aliphatic carbocycles. The normalized spacial score (nSPS) is 21.0. The van der Waals surface area contributed by atoms with Crippen LogP contribution in [0.1, 0.15) is 12.8 Å². The molecule has 0 aromatic carbocycles. The maximum Gasteiger partial charge on any atom is 0.0882 e. The first-order valence-corrected chi connectivity index (χ1v) is 3.56. The predicted molar refractivity (Wildman–Crippen MR) is 36.9 cm³/mol. The molecule has 1 fully saturated rings. The van der Waals surface area contributed by atoms with Crippen molar-refractivity contribution in [3.05, 3.63) is 0 Å². The van der Waals surface area contributed by atoms with Crippen LogP contribution in [0.3, 0.4) is 0 Å². The van der Waals surface area contributed by atoms with E-state index in [-0.39, 0.29) is 0 Å². The van der Waals surface area contributed by atoms with Gasteiger partial charge in [-0.25, -0.2) is 0 Å². The minimum absolute atomic E-state index is 0.469. The molecule has 0 spiro atoms. The SMILES string of the molecule is COCCOCC1(O)CC1. The van der Waals surface area contributed by atoms with E-state index in [1.807, 2.05) is 0 Å². The maximum absolute atomic E-state index is 9.26. The van der Waals surface area contributed by atoms with E-state index < -0.39 is 5.60 Å². The molecule has 0 saturated heterocycles. The van der Waals surface area contributed by atoms with Gasteiger partial charge in [0.1, 0.15) is 0 Å². The van der Waals surface area contributed by atoms with Crippen LogP contribution in [0.5, 0.6) is 0 Å². The Hall–Kier alpha value is -0.120. The van der Waals surface area contributed by atoms with Crippen molar-refractivity contribution in [3.63, 3.8) is 0 Å². The van der Waals surface area contributed by atoms with Crippen LogP contribution in [0.2, 0.25) is 0 Å². The van der Waals surface area contributed by atoms with Crippen molar-refractivity contribution in [3.8, 4) is 0 Å². The molecule has 60 valence electrons. The average Bonchev–Trinajstić information content (AvgIpc) is 2.62. The molecule has 0 aliphatic heterocycles. The zero-order valence-corrected chi connectivity index (χ0v) is 6.30. The third kappa shape index (κ3) is 2.64. The maximum atomic E-state index is 9.26. The molecule has 0 radical (unpaired) electrons. The van der Waals surface area contributed by atoms with Gasteiger partial charge in [-0.05, 0) is 12.8 Å². The van der Waals surface area contributed by atoms with E-state index in [1.54, 1.807) is 7.11 Å². The summed E-state index contributed by atoms with van der Waals surface area (Å²) in [5.74, 6) is 0. The van der Waals surface area contributed by atoms with Gasteiger partial charge in [-0.3, -0.25) is 0 Å². The highest BCUT2D eigenvalue weighted by molar-refractivity contribution is 4.92. The molecule has 0 heterocycles. The van der Waals surface area contributed by atoms with Crippen molar-refractivity contribution in [1.29, 1.82) is 0 Å². The molecule has 3 nitrogen and oxygen atoms in total. The van der Waals surface area contributed by atoms with Gasteiger partial charge in [0.05, 0.1) is 25.4 Å². The van der Waals surface area contributed by atoms with Gasteiger partial charge >= 0.3 is 0 Å². The highest BCUT2D eigenvalue weighted by atomic mass is 16.5. The summed E-state index contributed by atoms with van der Waals surface area (Å²) in [6, 6.07) is 0. The van der Waals surface area contributed by atoms with Crippen LogP contribution in [0.15, 0.2) is 0 Å². The summed E-state index contributed by atoms with van der Waals surface area (Å²) in [4.78, 5) is 0. The van der Waals surface area contributed by atoms with Crippen molar-refractivity contribution >= 4 is 0 Å². The summed E-state index contributed by atoms with van der Waals surface area (Å²) in [6.07, 6.45) is 1.78. The lowest BCUT2D eigenvalue weighted by Crippen LogP contribution is -2.17. The first-order chi connectivity index (χ1) is 4.77. The first kappa shape index (κ1) is 7.98. The predicted octanol–water partition coefficient (Wildman–Crippen LogP) is 0.174. The summed E-state index contributed by atoms with van der Waals surface area (Å²) >= 11 is 0. The lowest BCUT2D eigenvalue weighted by atomic mass is 10.4. The topological polar surface area (TPSA) is 38.7 Å². The van der Waals surface area contributed by atoms with E-state index in [0.717, 1.165) is 12.8 Å². The molecule has 3 heteroatoms. The second kappa shape index (κ2) is 3.32. The van der Waals surface area contributed by atoms with E-state index in [4.69, 9.17) is 9.47 Å². The monoisotopic (exact) mass is 146 g/mol. The van der Waals surface area contributed by atoms with Gasteiger partial charge < -0.3 is 14.6 Å². The summed E-state index contributed by atoms with van der Waals surface area (Å²) in [6.45, 7) is 1.66. The highest BCUT2D eigenvalue weighted by Gasteiger charge is 2.40. The van der Waals surface area contributed by atoms with E-state index in [1.165, 1.54) is 0 Å². The number of methoxy groups -OCH3 is 1. The van der Waals surface area contributed by atoms with E-state index in [9.17, 15) is 5.11 Å². The van der Waals surface area contributed by atoms with Gasteiger partial charge in [0.2, 0.25) is 0 Å². The van der Waals surface area contributed by atoms with Gasteiger partial charge in [-0.2, -0.15) is 0 Å². The molecule has 0 aromatic heterocycles. The fraction of sp³-hybridized carbons (Fsp3) is 1.00. The number of rotatable bonds is 5. The van der Waals surface area contributed by atoms with Crippen LogP contribution in [0.4, 0.5) is 0 Å². The number of ether oxygens (including phenoxy) is 2. The standard InChI is InChI=1S/C7H14O3/c1-9-4-5-10-6-7(8)2-3-7/h8H,2-6H2,1H3. The third-order valence-corrected chi connectivity index (χ3v) is 1.63. The Balaban J connectivity index is 1.86. The zero-order valence-electron chi connectivity index (χ0n) is 6.30. The molecule has 1 saturated carbocycles. The Kier molecular flexibility index (Phi) is 2.65. The van der Waals surface area contributed by atoms with E-state index >= 15 is 0 Å². The van der Waals surface area contributed by atoms with Crippen LogP contribution in [0.25, 0.3) is 0 Å². The van der Waals surface area contributed by atoms with Gasteiger partial charge in [-0.15, -0.1) is 0 Å². The molecule has 0 amide bonds. The average molecular weight is 146 g/mol. The molecular weight excluding hydrogens is 132 g/mol. The molecule has 1 N–H and O–H groups in total. The molecule has 10 heavy (non-hydrogen) atoms. The van der Waals surface area contributed by atoms with Crippen LogP contribution in [-0.4, -0.2) is 37.6 Å². The minimum Gasteiger partial charge on any atom is -0.387 e. The fourth-order valence-corrected chi connectivity index (χ4v) is 0.693. The lowest BCUT2D eigenvalue weighted by Gasteiger charge is -2.07. The zero-order chi connectivity index (χ0) is 7.45. The van der Waals surface area contributed by atoms with Crippen molar-refractivity contribution in [2.75, 3.05) is 26.9 Å². The Morgan fingerprint density at radius 3 is 2.60 bits per heavy atom. The molecule has 0 atom stereocenters. The smallest absolute Gasteiger partial charge is 0.0882 e. The molecule has 0 bridgehead atoms. The molecular formula is C7H14O3. The Labute approximate surface area is 60.9 Å². The Morgan fingerprint density at radius 1 is 1.40 bits per heavy atom. The van der Waals surface area contributed by atoms with Gasteiger partial charge in [0, 0.05) is 7.11 Å². The summed E-state index contributed by atoms with van der Waals surface area (Å²) in [5.41, 5.74) is -0.478. The van der Waals surface area contributed by atoms with Crippen molar-refractivity contribution in [2.45, 2.75) is 18.4 Å². The largest absolute Gasteiger partial charge is 0.387 e. The number of hydrogen-bond donors (Lipinski definition) is 1. The van der Waals surface area contributed by atoms with Crippen LogP contribution < -0.4 is 0 Å². The van der Waals surface area contributed by atoms with Gasteiger partial charge in [0.15, 0.2) is 0 Å². The third-order valence-electron chi connectivity index (χ3n) is 1.63. The Bertz CT molecular complexity index is 99.0. The van der Waals surface area contributed by atoms with Crippen molar-refractivity contribution in [1.82, 2.24) is 0 Å². The van der Waals surface area contributed by atoms with E-state index in [0.29, 0.717) is 19.8 Å². The summed E-state index contributed by atoms with van der Waals surface area (Å²) in [5, 5.41) is 9.26. The van der Waals surface area contributed by atoms with E-state index in [2.05, 4.69) is 0 Å². The first-order valence-electron chi connectivity index (χ1n) is 3.56. The summed E-state index contributed by atoms with van der Waals surface area (Å²) < 4.78 is 9.90. The fourth-order valence-electron chi connectivity index (χ4n) is 0.693. The Morgan fingerprint density at radius 2 is 2.10 bits per heavy atom. The lowest BCUT2D eigenvalue weighted by molar-refractivity contribution is 0.00105. The minimum atomic E-state index is -0.478. The quantitative estimate of drug-likeness (QED) is 0.562. The van der Waals surface area contributed by atoms with Crippen LogP contribution >= 0.6 is 0 Å². The van der Waals surface area contributed by atoms with Crippen LogP contribution in [0, 0.1) is 0 Å². The van der Waals surface area contributed by atoms with Crippen LogP contribution in [-0.2, 0) is 9.47 Å². The van der Waals surface area contributed by atoms with Gasteiger partial charge in [-0.1, -0.05) is 0 Å². The highest BCUT2D eigenvalue weighted by Crippen LogP contribution is 2.34. The molecule has 0 unspecified atom stereocenters. The van der Waals surface area contributed by atoms with Gasteiger partial charge in [0.25, 0.3) is 0 Å². The second-order valence-electron chi connectivity index (χ2n) is 2.77. The number of hydrogen-bond acceptors (Lipinski definition) is 3. The summed E-state index contributed by atoms with van der Waals surface area (Å²) in [7, 11) is 1.63. The van der Waals surface area contributed by atoms with Crippen molar-refractivity contribution < 1.29 is 14.6 Å². The number of aliphatic hydroxyl groups is 1. The molecule has 1 aliphatic rings. The molecule has 1 rings (SSSR count). The second-order valence-corrected chi connectivity index (χ2v) is 2.77.